The Morgan fingerprint density at radius 3 is 2.82 bits per heavy atom. The van der Waals surface area contributed by atoms with E-state index in [0.717, 1.165) is 0 Å². The van der Waals surface area contributed by atoms with Crippen LogP contribution in [0.25, 0.3) is 0 Å². The summed E-state index contributed by atoms with van der Waals surface area (Å²) < 4.78 is 10.7. The molecule has 0 aliphatic carbocycles. The van der Waals surface area contributed by atoms with Crippen molar-refractivity contribution in [2.45, 2.75) is 0 Å². The minimum atomic E-state index is -0.702. The van der Waals surface area contributed by atoms with Crippen molar-refractivity contribution < 1.29 is 14.3 Å². The lowest BCUT2D eigenvalue weighted by molar-refractivity contribution is 0.118. The van der Waals surface area contributed by atoms with E-state index >= 15 is 0 Å². The Bertz CT molecular complexity index is 254. The first kappa shape index (κ1) is 7.65. The van der Waals surface area contributed by atoms with Gasteiger partial charge in [-0.1, -0.05) is 0 Å². The van der Waals surface area contributed by atoms with Gasteiger partial charge in [0.1, 0.15) is 0 Å². The van der Waals surface area contributed by atoms with E-state index in [9.17, 15) is 4.79 Å². The van der Waals surface area contributed by atoms with Gasteiger partial charge in [0.2, 0.25) is 5.88 Å². The quantitative estimate of drug-likeness (QED) is 0.571. The fourth-order valence-corrected chi connectivity index (χ4v) is 0.679. The first-order chi connectivity index (χ1) is 5.24. The van der Waals surface area contributed by atoms with E-state index in [1.54, 1.807) is 29.9 Å². The SMILES string of the molecule is COC(=O)Oc1cccn1C. The Kier molecular flexibility index (Phi) is 2.15. The van der Waals surface area contributed by atoms with Crippen molar-refractivity contribution in [1.82, 2.24) is 4.57 Å². The van der Waals surface area contributed by atoms with Gasteiger partial charge in [-0.05, 0) is 6.07 Å². The number of nitrogens with zero attached hydrogens (tertiary/aromatic N) is 1. The summed E-state index contributed by atoms with van der Waals surface area (Å²) in [6.45, 7) is 0. The third-order valence-electron chi connectivity index (χ3n) is 1.25. The maximum Gasteiger partial charge on any atom is 0.514 e. The Balaban J connectivity index is 2.64. The predicted molar refractivity (Wildman–Crippen MR) is 38.4 cm³/mol. The summed E-state index contributed by atoms with van der Waals surface area (Å²) in [5, 5.41) is 0. The van der Waals surface area contributed by atoms with Crippen LogP contribution in [0.4, 0.5) is 4.79 Å². The smallest absolute Gasteiger partial charge is 0.437 e. The summed E-state index contributed by atoms with van der Waals surface area (Å²) in [6, 6.07) is 3.45. The van der Waals surface area contributed by atoms with Crippen LogP contribution in [-0.2, 0) is 11.8 Å². The standard InChI is InChI=1S/C7H9NO3/c1-8-5-3-4-6(8)11-7(9)10-2/h3-5H,1-2H3. The highest BCUT2D eigenvalue weighted by Crippen LogP contribution is 2.09. The second kappa shape index (κ2) is 3.09. The average molecular weight is 155 g/mol. The Morgan fingerprint density at radius 1 is 1.64 bits per heavy atom. The van der Waals surface area contributed by atoms with Crippen molar-refractivity contribution in [3.8, 4) is 5.88 Å². The van der Waals surface area contributed by atoms with Crippen LogP contribution in [0.3, 0.4) is 0 Å². The fourth-order valence-electron chi connectivity index (χ4n) is 0.679. The maximum absolute atomic E-state index is 10.6. The first-order valence-electron chi connectivity index (χ1n) is 3.11. The molecule has 1 rings (SSSR count). The summed E-state index contributed by atoms with van der Waals surface area (Å²) in [6.07, 6.45) is 1.07. The van der Waals surface area contributed by atoms with Gasteiger partial charge in [-0.15, -0.1) is 0 Å². The zero-order chi connectivity index (χ0) is 8.27. The molecule has 0 radical (unpaired) electrons. The minimum Gasteiger partial charge on any atom is -0.437 e. The zero-order valence-electron chi connectivity index (χ0n) is 6.40. The van der Waals surface area contributed by atoms with Gasteiger partial charge in [0.15, 0.2) is 0 Å². The molecule has 0 unspecified atom stereocenters. The molecule has 0 aliphatic rings. The monoisotopic (exact) mass is 155 g/mol. The maximum atomic E-state index is 10.6. The number of carbonyl (C=O) groups is 1. The van der Waals surface area contributed by atoms with Crippen molar-refractivity contribution in [2.24, 2.45) is 7.05 Å². The highest BCUT2D eigenvalue weighted by molar-refractivity contribution is 5.62. The molecule has 0 N–H and O–H groups in total. The lowest BCUT2D eigenvalue weighted by Gasteiger charge is -2.01. The van der Waals surface area contributed by atoms with Crippen molar-refractivity contribution in [3.63, 3.8) is 0 Å². The molecule has 0 fully saturated rings. The molecule has 60 valence electrons. The van der Waals surface area contributed by atoms with Crippen LogP contribution >= 0.6 is 0 Å². The number of carbonyl (C=O) groups excluding carboxylic acids is 1. The minimum absolute atomic E-state index is 0.469. The molecular formula is C7H9NO3. The predicted octanol–water partition coefficient (Wildman–Crippen LogP) is 1.17. The molecule has 0 aliphatic heterocycles. The largest absolute Gasteiger partial charge is 0.514 e. The van der Waals surface area contributed by atoms with Crippen LogP contribution in [0.1, 0.15) is 0 Å². The van der Waals surface area contributed by atoms with Gasteiger partial charge < -0.3 is 14.0 Å². The summed E-state index contributed by atoms with van der Waals surface area (Å²) in [4.78, 5) is 10.6. The molecule has 0 saturated heterocycles. The molecule has 4 heteroatoms. The number of methoxy groups -OCH3 is 1. The van der Waals surface area contributed by atoms with E-state index in [0.29, 0.717) is 5.88 Å². The molecule has 4 nitrogen and oxygen atoms in total. The number of hydrogen-bond acceptors (Lipinski definition) is 3. The van der Waals surface area contributed by atoms with Gasteiger partial charge in [0.25, 0.3) is 0 Å². The van der Waals surface area contributed by atoms with E-state index in [4.69, 9.17) is 4.74 Å². The number of aryl methyl sites for hydroxylation is 1. The number of hydrogen-bond donors (Lipinski definition) is 0. The van der Waals surface area contributed by atoms with Gasteiger partial charge in [-0.2, -0.15) is 0 Å². The average Bonchev–Trinajstić information content (AvgIpc) is 2.37. The molecule has 1 aromatic heterocycles. The third kappa shape index (κ3) is 1.73. The Morgan fingerprint density at radius 2 is 2.36 bits per heavy atom. The normalized spacial score (nSPS) is 9.27. The molecule has 1 heterocycles. The molecule has 11 heavy (non-hydrogen) atoms. The second-order valence-electron chi connectivity index (χ2n) is 2.01. The molecule has 0 saturated carbocycles. The second-order valence-corrected chi connectivity index (χ2v) is 2.01. The van der Waals surface area contributed by atoms with Crippen molar-refractivity contribution in [3.05, 3.63) is 18.3 Å². The lowest BCUT2D eigenvalue weighted by Crippen LogP contribution is -2.09. The van der Waals surface area contributed by atoms with E-state index in [1.165, 1.54) is 7.11 Å². The molecular weight excluding hydrogens is 146 g/mol. The van der Waals surface area contributed by atoms with Crippen molar-refractivity contribution >= 4 is 6.16 Å². The fraction of sp³-hybridized carbons (Fsp3) is 0.286. The summed E-state index contributed by atoms with van der Waals surface area (Å²) >= 11 is 0. The summed E-state index contributed by atoms with van der Waals surface area (Å²) in [5.74, 6) is 0.469. The summed E-state index contributed by atoms with van der Waals surface area (Å²) in [7, 11) is 3.05. The summed E-state index contributed by atoms with van der Waals surface area (Å²) in [5.41, 5.74) is 0. The van der Waals surface area contributed by atoms with Crippen LogP contribution in [0.5, 0.6) is 5.88 Å². The molecule has 1 aromatic rings. The van der Waals surface area contributed by atoms with E-state index in [1.807, 2.05) is 0 Å². The molecule has 0 aromatic carbocycles. The molecule has 0 bridgehead atoms. The Labute approximate surface area is 64.3 Å². The van der Waals surface area contributed by atoms with Crippen LogP contribution in [0.2, 0.25) is 0 Å². The van der Waals surface area contributed by atoms with E-state index in [-0.39, 0.29) is 0 Å². The van der Waals surface area contributed by atoms with Gasteiger partial charge in [0, 0.05) is 19.3 Å². The van der Waals surface area contributed by atoms with E-state index < -0.39 is 6.16 Å². The van der Waals surface area contributed by atoms with Gasteiger partial charge in [0.05, 0.1) is 7.11 Å². The molecule has 0 amide bonds. The Hall–Kier alpha value is -1.45. The first-order valence-corrected chi connectivity index (χ1v) is 3.11. The van der Waals surface area contributed by atoms with Crippen LogP contribution in [-0.4, -0.2) is 17.8 Å². The number of rotatable bonds is 1. The lowest BCUT2D eigenvalue weighted by atomic mass is 10.6. The zero-order valence-corrected chi connectivity index (χ0v) is 6.40. The highest BCUT2D eigenvalue weighted by atomic mass is 16.7. The number of ether oxygens (including phenoxy) is 2. The van der Waals surface area contributed by atoms with Crippen LogP contribution < -0.4 is 4.74 Å². The van der Waals surface area contributed by atoms with Crippen LogP contribution in [0, 0.1) is 0 Å². The molecule has 0 atom stereocenters. The van der Waals surface area contributed by atoms with Crippen LogP contribution in [0.15, 0.2) is 18.3 Å². The van der Waals surface area contributed by atoms with Crippen molar-refractivity contribution in [2.75, 3.05) is 7.11 Å². The van der Waals surface area contributed by atoms with Gasteiger partial charge in [-0.25, -0.2) is 4.79 Å². The van der Waals surface area contributed by atoms with E-state index in [2.05, 4.69) is 4.74 Å². The van der Waals surface area contributed by atoms with Crippen molar-refractivity contribution in [1.29, 1.82) is 0 Å². The molecule has 0 spiro atoms. The van der Waals surface area contributed by atoms with Gasteiger partial charge >= 0.3 is 6.16 Å². The highest BCUT2D eigenvalue weighted by Gasteiger charge is 2.04. The topological polar surface area (TPSA) is 40.5 Å². The number of aromatic nitrogens is 1. The third-order valence-corrected chi connectivity index (χ3v) is 1.25. The van der Waals surface area contributed by atoms with Gasteiger partial charge in [-0.3, -0.25) is 0 Å².